The zero-order chi connectivity index (χ0) is 13.3. The highest BCUT2D eigenvalue weighted by atomic mass is 35.5. The van der Waals surface area contributed by atoms with Gasteiger partial charge in [0.15, 0.2) is 5.75 Å². The van der Waals surface area contributed by atoms with Crippen LogP contribution in [-0.4, -0.2) is 21.8 Å². The van der Waals surface area contributed by atoms with Gasteiger partial charge in [0, 0.05) is 5.39 Å². The minimum absolute atomic E-state index is 0.0918. The third-order valence-corrected chi connectivity index (χ3v) is 3.19. The summed E-state index contributed by atoms with van der Waals surface area (Å²) in [6.07, 6.45) is 0.970. The molecule has 0 spiro atoms. The summed E-state index contributed by atoms with van der Waals surface area (Å²) in [6.45, 7) is 0. The summed E-state index contributed by atoms with van der Waals surface area (Å²) in [5.74, 6) is 0.461. The maximum Gasteiger partial charge on any atom is 0.306 e. The van der Waals surface area contributed by atoms with Crippen molar-refractivity contribution < 1.29 is 17.3 Å². The van der Waals surface area contributed by atoms with Crippen LogP contribution in [0, 0.1) is 0 Å². The van der Waals surface area contributed by atoms with Gasteiger partial charge in [-0.15, -0.1) is 0 Å². The number of benzene rings is 2. The van der Waals surface area contributed by atoms with Gasteiger partial charge in [0.1, 0.15) is 10.8 Å². The summed E-state index contributed by atoms with van der Waals surface area (Å²) in [4.78, 5) is 0. The van der Waals surface area contributed by atoms with E-state index in [2.05, 4.69) is 0 Å². The number of ether oxygens (including phenoxy) is 1. The Bertz CT molecular complexity index is 695. The van der Waals surface area contributed by atoms with Crippen LogP contribution in [0.5, 0.6) is 11.5 Å². The molecule has 0 radical (unpaired) electrons. The molecule has 96 valence electrons. The van der Waals surface area contributed by atoms with Gasteiger partial charge in [-0.1, -0.05) is 35.9 Å². The second kappa shape index (κ2) is 4.66. The molecule has 0 unspecified atom stereocenters. The molecule has 0 heterocycles. The Hall–Kier alpha value is -1.46. The van der Waals surface area contributed by atoms with Crippen LogP contribution >= 0.6 is 11.6 Å². The molecule has 0 atom stereocenters. The molecule has 4 nitrogen and oxygen atoms in total. The van der Waals surface area contributed by atoms with E-state index in [9.17, 15) is 8.42 Å². The smallest absolute Gasteiger partial charge is 0.306 e. The first-order valence-electron chi connectivity index (χ1n) is 5.07. The van der Waals surface area contributed by atoms with E-state index in [0.717, 1.165) is 11.6 Å². The maximum absolute atomic E-state index is 11.3. The Kier molecular flexibility index (Phi) is 3.36. The molecule has 0 fully saturated rings. The first-order valence-corrected chi connectivity index (χ1v) is 7.26. The lowest BCUT2D eigenvalue weighted by molar-refractivity contribution is 0.413. The predicted molar refractivity (Wildman–Crippen MR) is 71.0 cm³/mol. The molecule has 0 aliphatic carbocycles. The number of fused-ring (bicyclic) bond motifs is 1. The van der Waals surface area contributed by atoms with Crippen LogP contribution in [0.1, 0.15) is 0 Å². The average molecular weight is 287 g/mol. The molecular weight excluding hydrogens is 276 g/mol. The zero-order valence-electron chi connectivity index (χ0n) is 9.81. The van der Waals surface area contributed by atoms with Crippen molar-refractivity contribution >= 4 is 32.5 Å². The average Bonchev–Trinajstić information content (AvgIpc) is 2.31. The fourth-order valence-corrected chi connectivity index (χ4v) is 2.44. The van der Waals surface area contributed by atoms with Crippen molar-refractivity contribution in [3.8, 4) is 11.5 Å². The lowest BCUT2D eigenvalue weighted by Crippen LogP contribution is -2.07. The highest BCUT2D eigenvalue weighted by molar-refractivity contribution is 7.86. The van der Waals surface area contributed by atoms with E-state index in [1.807, 2.05) is 12.1 Å². The molecule has 6 heteroatoms. The minimum Gasteiger partial charge on any atom is -0.495 e. The van der Waals surface area contributed by atoms with Crippen molar-refractivity contribution in [1.29, 1.82) is 0 Å². The molecule has 2 aromatic carbocycles. The van der Waals surface area contributed by atoms with E-state index in [-0.39, 0.29) is 10.8 Å². The topological polar surface area (TPSA) is 52.6 Å². The van der Waals surface area contributed by atoms with Gasteiger partial charge in [0.05, 0.1) is 13.4 Å². The van der Waals surface area contributed by atoms with E-state index in [0.29, 0.717) is 11.1 Å². The van der Waals surface area contributed by atoms with Crippen LogP contribution < -0.4 is 8.92 Å². The van der Waals surface area contributed by atoms with Crippen molar-refractivity contribution in [1.82, 2.24) is 0 Å². The van der Waals surface area contributed by atoms with Crippen molar-refractivity contribution in [2.75, 3.05) is 13.4 Å². The summed E-state index contributed by atoms with van der Waals surface area (Å²) in [7, 11) is -2.20. The molecule has 2 aromatic rings. The largest absolute Gasteiger partial charge is 0.495 e. The quantitative estimate of drug-likeness (QED) is 0.814. The van der Waals surface area contributed by atoms with Crippen LogP contribution in [0.3, 0.4) is 0 Å². The summed E-state index contributed by atoms with van der Waals surface area (Å²) in [5.41, 5.74) is 0. The number of hydrogen-bond donors (Lipinski definition) is 0. The van der Waals surface area contributed by atoms with E-state index in [1.54, 1.807) is 18.2 Å². The monoisotopic (exact) mass is 286 g/mol. The molecule has 0 saturated carbocycles. The van der Waals surface area contributed by atoms with Crippen LogP contribution in [0.15, 0.2) is 30.3 Å². The van der Waals surface area contributed by atoms with Gasteiger partial charge < -0.3 is 8.92 Å². The molecule has 18 heavy (non-hydrogen) atoms. The molecular formula is C12H11ClO4S. The van der Waals surface area contributed by atoms with Gasteiger partial charge in [0.25, 0.3) is 0 Å². The van der Waals surface area contributed by atoms with E-state index in [4.69, 9.17) is 20.5 Å². The minimum atomic E-state index is -3.66. The highest BCUT2D eigenvalue weighted by Gasteiger charge is 2.17. The fourth-order valence-electron chi connectivity index (χ4n) is 1.65. The summed E-state index contributed by atoms with van der Waals surface area (Å²) in [5, 5.41) is 1.55. The predicted octanol–water partition coefficient (Wildman–Crippen LogP) is 2.84. The second-order valence-electron chi connectivity index (χ2n) is 3.73. The van der Waals surface area contributed by atoms with Crippen molar-refractivity contribution in [3.05, 3.63) is 35.4 Å². The number of halogens is 1. The first-order chi connectivity index (χ1) is 8.42. The Balaban J connectivity index is 2.78. The van der Waals surface area contributed by atoms with Crippen molar-refractivity contribution in [2.24, 2.45) is 0 Å². The molecule has 0 amide bonds. The van der Waals surface area contributed by atoms with Gasteiger partial charge in [-0.05, 0) is 11.5 Å². The Morgan fingerprint density at radius 1 is 1.22 bits per heavy atom. The van der Waals surface area contributed by atoms with E-state index < -0.39 is 10.1 Å². The fraction of sp³-hybridized carbons (Fsp3) is 0.167. The van der Waals surface area contributed by atoms with E-state index in [1.165, 1.54) is 7.11 Å². The maximum atomic E-state index is 11.3. The van der Waals surface area contributed by atoms with Crippen molar-refractivity contribution in [3.63, 3.8) is 0 Å². The van der Waals surface area contributed by atoms with Crippen molar-refractivity contribution in [2.45, 2.75) is 0 Å². The molecule has 2 rings (SSSR count). The third kappa shape index (κ3) is 2.52. The molecule has 0 aliphatic heterocycles. The molecule has 0 aliphatic rings. The van der Waals surface area contributed by atoms with Crippen LogP contribution in [-0.2, 0) is 10.1 Å². The number of rotatable bonds is 3. The molecule has 0 N–H and O–H groups in total. The summed E-state index contributed by atoms with van der Waals surface area (Å²) < 4.78 is 32.6. The Morgan fingerprint density at radius 2 is 1.89 bits per heavy atom. The third-order valence-electron chi connectivity index (χ3n) is 2.36. The molecule has 0 aromatic heterocycles. The Morgan fingerprint density at radius 3 is 2.50 bits per heavy atom. The SMILES string of the molecule is COc1cc2ccccc2c(OS(C)(=O)=O)c1Cl. The summed E-state index contributed by atoms with van der Waals surface area (Å²) >= 11 is 6.08. The zero-order valence-corrected chi connectivity index (χ0v) is 11.4. The number of hydrogen-bond acceptors (Lipinski definition) is 4. The van der Waals surface area contributed by atoms with E-state index >= 15 is 0 Å². The number of methoxy groups -OCH3 is 1. The molecule has 0 bridgehead atoms. The van der Waals surface area contributed by atoms with Gasteiger partial charge in [-0.25, -0.2) is 0 Å². The van der Waals surface area contributed by atoms with Gasteiger partial charge in [-0.3, -0.25) is 0 Å². The highest BCUT2D eigenvalue weighted by Crippen LogP contribution is 2.41. The van der Waals surface area contributed by atoms with Gasteiger partial charge in [-0.2, -0.15) is 8.42 Å². The summed E-state index contributed by atoms with van der Waals surface area (Å²) in [6, 6.07) is 8.90. The van der Waals surface area contributed by atoms with Crippen LogP contribution in [0.2, 0.25) is 5.02 Å². The first kappa shape index (κ1) is 13.0. The molecule has 0 saturated heterocycles. The van der Waals surface area contributed by atoms with Crippen LogP contribution in [0.25, 0.3) is 10.8 Å². The normalized spacial score (nSPS) is 11.5. The second-order valence-corrected chi connectivity index (χ2v) is 5.68. The van der Waals surface area contributed by atoms with Crippen LogP contribution in [0.4, 0.5) is 0 Å². The standard InChI is InChI=1S/C12H11ClO4S/c1-16-10-7-8-5-3-4-6-9(8)12(11(10)13)17-18(2,14)15/h3-7H,1-2H3. The van der Waals surface area contributed by atoms with Gasteiger partial charge >= 0.3 is 10.1 Å². The Labute approximate surface area is 110 Å². The lowest BCUT2D eigenvalue weighted by Gasteiger charge is -2.12. The lowest BCUT2D eigenvalue weighted by atomic mass is 10.1. The van der Waals surface area contributed by atoms with Gasteiger partial charge in [0.2, 0.25) is 0 Å².